The molecule has 3 rings (SSSR count). The normalized spacial score (nSPS) is 14.3. The maximum atomic E-state index is 12.7. The summed E-state index contributed by atoms with van der Waals surface area (Å²) in [5.74, 6) is 0.974. The van der Waals surface area contributed by atoms with E-state index < -0.39 is 0 Å². The summed E-state index contributed by atoms with van der Waals surface area (Å²) in [5.41, 5.74) is 1.34. The summed E-state index contributed by atoms with van der Waals surface area (Å²) in [4.78, 5) is 13.9. The average molecular weight is 357 g/mol. The molecule has 0 radical (unpaired) electrons. The summed E-state index contributed by atoms with van der Waals surface area (Å²) in [6.07, 6.45) is 5.10. The first-order chi connectivity index (χ1) is 12.2. The largest absolute Gasteiger partial charge is 0.497 e. The van der Waals surface area contributed by atoms with Gasteiger partial charge in [-0.15, -0.1) is 11.8 Å². The van der Waals surface area contributed by atoms with Crippen LogP contribution in [0.5, 0.6) is 11.5 Å². The van der Waals surface area contributed by atoms with Gasteiger partial charge in [-0.1, -0.05) is 25.0 Å². The number of thioether (sulfide) groups is 1. The van der Waals surface area contributed by atoms with Crippen molar-refractivity contribution in [3.8, 4) is 11.5 Å². The average Bonchev–Trinajstić information content (AvgIpc) is 3.15. The predicted octanol–water partition coefficient (Wildman–Crippen LogP) is 4.99. The molecule has 1 amide bonds. The van der Waals surface area contributed by atoms with E-state index >= 15 is 0 Å². The molecule has 0 saturated heterocycles. The fourth-order valence-corrected chi connectivity index (χ4v) is 4.37. The molecule has 1 N–H and O–H groups in total. The van der Waals surface area contributed by atoms with Crippen LogP contribution in [0, 0.1) is 0 Å². The highest BCUT2D eigenvalue weighted by Crippen LogP contribution is 2.38. The highest BCUT2D eigenvalue weighted by atomic mass is 32.2. The Morgan fingerprint density at radius 3 is 2.56 bits per heavy atom. The first-order valence-corrected chi connectivity index (χ1v) is 9.38. The number of amides is 1. The summed E-state index contributed by atoms with van der Waals surface area (Å²) < 4.78 is 10.5. The molecule has 1 aliphatic carbocycles. The molecule has 4 nitrogen and oxygen atoms in total. The second-order valence-corrected chi connectivity index (χ2v) is 7.38. The molecule has 2 aromatic carbocycles. The number of carbonyl (C=O) groups is 1. The Morgan fingerprint density at radius 1 is 1.08 bits per heavy atom. The van der Waals surface area contributed by atoms with Gasteiger partial charge in [0.2, 0.25) is 0 Å². The van der Waals surface area contributed by atoms with Crippen molar-refractivity contribution in [3.63, 3.8) is 0 Å². The van der Waals surface area contributed by atoms with Gasteiger partial charge in [0.1, 0.15) is 11.5 Å². The van der Waals surface area contributed by atoms with E-state index in [1.807, 2.05) is 30.0 Å². The van der Waals surface area contributed by atoms with Crippen molar-refractivity contribution in [1.82, 2.24) is 0 Å². The number of methoxy groups -OCH3 is 2. The lowest BCUT2D eigenvalue weighted by Crippen LogP contribution is -2.14. The molecule has 1 aliphatic rings. The minimum atomic E-state index is -0.182. The Labute approximate surface area is 152 Å². The first-order valence-electron chi connectivity index (χ1n) is 8.50. The highest BCUT2D eigenvalue weighted by Gasteiger charge is 2.19. The van der Waals surface area contributed by atoms with E-state index in [0.29, 0.717) is 22.3 Å². The van der Waals surface area contributed by atoms with Crippen LogP contribution in [0.4, 0.5) is 5.69 Å². The zero-order chi connectivity index (χ0) is 17.6. The second kappa shape index (κ2) is 8.30. The topological polar surface area (TPSA) is 47.6 Å². The van der Waals surface area contributed by atoms with Gasteiger partial charge in [0, 0.05) is 16.2 Å². The third-order valence-electron chi connectivity index (χ3n) is 4.38. The van der Waals surface area contributed by atoms with Crippen molar-refractivity contribution in [2.75, 3.05) is 19.5 Å². The van der Waals surface area contributed by atoms with E-state index in [2.05, 4.69) is 11.4 Å². The second-order valence-electron chi connectivity index (χ2n) is 6.04. The van der Waals surface area contributed by atoms with Crippen LogP contribution in [0.3, 0.4) is 0 Å². The smallest absolute Gasteiger partial charge is 0.259 e. The molecular formula is C20H23NO3S. The standard InChI is InChI=1S/C20H23NO3S/c1-23-14-11-12-16(18(13-14)24-2)20(22)21-17-9-5-6-10-19(17)25-15-7-3-4-8-15/h5-6,9-13,15H,3-4,7-8H2,1-2H3,(H,21,22). The summed E-state index contributed by atoms with van der Waals surface area (Å²) in [6.45, 7) is 0. The van der Waals surface area contributed by atoms with Gasteiger partial charge in [0.15, 0.2) is 0 Å². The molecule has 0 unspecified atom stereocenters. The molecule has 0 aliphatic heterocycles. The molecule has 0 atom stereocenters. The Bertz CT molecular complexity index is 741. The quantitative estimate of drug-likeness (QED) is 0.791. The molecule has 1 fully saturated rings. The third-order valence-corrected chi connectivity index (χ3v) is 5.80. The van der Waals surface area contributed by atoms with Crippen molar-refractivity contribution in [2.45, 2.75) is 35.8 Å². The van der Waals surface area contributed by atoms with Gasteiger partial charge in [-0.25, -0.2) is 0 Å². The van der Waals surface area contributed by atoms with Crippen molar-refractivity contribution in [2.24, 2.45) is 0 Å². The van der Waals surface area contributed by atoms with Gasteiger partial charge < -0.3 is 14.8 Å². The minimum Gasteiger partial charge on any atom is -0.497 e. The van der Waals surface area contributed by atoms with Crippen LogP contribution in [-0.4, -0.2) is 25.4 Å². The number of anilines is 1. The van der Waals surface area contributed by atoms with E-state index in [4.69, 9.17) is 9.47 Å². The highest BCUT2D eigenvalue weighted by molar-refractivity contribution is 8.00. The first kappa shape index (κ1) is 17.7. The summed E-state index contributed by atoms with van der Waals surface area (Å²) in [6, 6.07) is 13.2. The fourth-order valence-electron chi connectivity index (χ4n) is 3.03. The molecule has 0 spiro atoms. The monoisotopic (exact) mass is 357 g/mol. The zero-order valence-corrected chi connectivity index (χ0v) is 15.4. The number of benzene rings is 2. The summed E-state index contributed by atoms with van der Waals surface area (Å²) in [5, 5.41) is 3.68. The minimum absolute atomic E-state index is 0.182. The maximum Gasteiger partial charge on any atom is 0.259 e. The van der Waals surface area contributed by atoms with Gasteiger partial charge in [0.05, 0.1) is 25.5 Å². The molecule has 0 heterocycles. The van der Waals surface area contributed by atoms with Crippen LogP contribution in [0.15, 0.2) is 47.4 Å². The van der Waals surface area contributed by atoms with Crippen LogP contribution in [-0.2, 0) is 0 Å². The molecule has 0 aromatic heterocycles. The summed E-state index contributed by atoms with van der Waals surface area (Å²) >= 11 is 1.87. The summed E-state index contributed by atoms with van der Waals surface area (Å²) in [7, 11) is 3.14. The number of hydrogen-bond donors (Lipinski definition) is 1. The molecule has 2 aromatic rings. The number of carbonyl (C=O) groups excluding carboxylic acids is 1. The fraction of sp³-hybridized carbons (Fsp3) is 0.350. The predicted molar refractivity (Wildman–Crippen MR) is 102 cm³/mol. The van der Waals surface area contributed by atoms with Crippen LogP contribution in [0.1, 0.15) is 36.0 Å². The Balaban J connectivity index is 1.79. The molecule has 0 bridgehead atoms. The van der Waals surface area contributed by atoms with Gasteiger partial charge in [-0.05, 0) is 37.1 Å². The number of para-hydroxylation sites is 1. The van der Waals surface area contributed by atoms with Crippen molar-refractivity contribution in [1.29, 1.82) is 0 Å². The van der Waals surface area contributed by atoms with Crippen LogP contribution >= 0.6 is 11.8 Å². The Morgan fingerprint density at radius 2 is 1.84 bits per heavy atom. The van der Waals surface area contributed by atoms with Crippen molar-refractivity contribution >= 4 is 23.4 Å². The Kier molecular flexibility index (Phi) is 5.87. The van der Waals surface area contributed by atoms with Crippen molar-refractivity contribution < 1.29 is 14.3 Å². The van der Waals surface area contributed by atoms with E-state index in [-0.39, 0.29) is 5.91 Å². The molecule has 1 saturated carbocycles. The van der Waals surface area contributed by atoms with Crippen LogP contribution in [0.25, 0.3) is 0 Å². The van der Waals surface area contributed by atoms with E-state index in [0.717, 1.165) is 10.6 Å². The lowest BCUT2D eigenvalue weighted by atomic mass is 10.1. The molecular weight excluding hydrogens is 334 g/mol. The van der Waals surface area contributed by atoms with Gasteiger partial charge in [0.25, 0.3) is 5.91 Å². The van der Waals surface area contributed by atoms with Crippen LogP contribution < -0.4 is 14.8 Å². The number of hydrogen-bond acceptors (Lipinski definition) is 4. The number of rotatable bonds is 6. The van der Waals surface area contributed by atoms with E-state index in [1.165, 1.54) is 25.7 Å². The maximum absolute atomic E-state index is 12.7. The van der Waals surface area contributed by atoms with E-state index in [1.54, 1.807) is 32.4 Å². The Hall–Kier alpha value is -2.14. The molecule has 5 heteroatoms. The molecule has 25 heavy (non-hydrogen) atoms. The lowest BCUT2D eigenvalue weighted by Gasteiger charge is -2.15. The zero-order valence-electron chi connectivity index (χ0n) is 14.6. The van der Waals surface area contributed by atoms with Crippen molar-refractivity contribution in [3.05, 3.63) is 48.0 Å². The van der Waals surface area contributed by atoms with E-state index in [9.17, 15) is 4.79 Å². The number of nitrogens with one attached hydrogen (secondary N) is 1. The third kappa shape index (κ3) is 4.28. The van der Waals surface area contributed by atoms with Gasteiger partial charge in [-0.3, -0.25) is 4.79 Å². The number of ether oxygens (including phenoxy) is 2. The van der Waals surface area contributed by atoms with Gasteiger partial charge in [-0.2, -0.15) is 0 Å². The molecule has 132 valence electrons. The van der Waals surface area contributed by atoms with Gasteiger partial charge >= 0.3 is 0 Å². The lowest BCUT2D eigenvalue weighted by molar-refractivity contribution is 0.102. The van der Waals surface area contributed by atoms with Crippen LogP contribution in [0.2, 0.25) is 0 Å². The SMILES string of the molecule is COc1ccc(C(=O)Nc2ccccc2SC2CCCC2)c(OC)c1.